The molecular formula is C16H19NO6S. The van der Waals surface area contributed by atoms with Gasteiger partial charge in [-0.05, 0) is 37.0 Å². The van der Waals surface area contributed by atoms with Crippen LogP contribution >= 0.6 is 0 Å². The molecule has 2 bridgehead atoms. The second-order valence-electron chi connectivity index (χ2n) is 6.21. The average Bonchev–Trinajstić information content (AvgIpc) is 3.13. The molecule has 2 heterocycles. The van der Waals surface area contributed by atoms with Gasteiger partial charge in [-0.25, -0.2) is 8.42 Å². The molecule has 2 fully saturated rings. The maximum absolute atomic E-state index is 13.0. The van der Waals surface area contributed by atoms with E-state index in [1.54, 1.807) is 12.1 Å². The second kappa shape index (κ2) is 6.18. The van der Waals surface area contributed by atoms with E-state index in [0.717, 1.165) is 0 Å². The molecule has 0 radical (unpaired) electrons. The summed E-state index contributed by atoms with van der Waals surface area (Å²) in [6, 6.07) is 5.43. The summed E-state index contributed by atoms with van der Waals surface area (Å²) in [6.07, 6.45) is 1.61. The Morgan fingerprint density at radius 2 is 2.08 bits per heavy atom. The van der Waals surface area contributed by atoms with Crippen molar-refractivity contribution in [2.45, 2.75) is 42.7 Å². The van der Waals surface area contributed by atoms with E-state index in [4.69, 9.17) is 0 Å². The SMILES string of the molecule is COC(=O)Cc1cccc(S(=O)(=O)N2C3CCC2C(C(=O)O)C3)c1. The topological polar surface area (TPSA) is 101 Å². The summed E-state index contributed by atoms with van der Waals surface area (Å²) >= 11 is 0. The smallest absolute Gasteiger partial charge is 0.309 e. The Balaban J connectivity index is 1.90. The zero-order valence-electron chi connectivity index (χ0n) is 13.2. The maximum atomic E-state index is 13.0. The van der Waals surface area contributed by atoms with Gasteiger partial charge in [-0.15, -0.1) is 0 Å². The third kappa shape index (κ3) is 2.80. The molecule has 7 nitrogen and oxygen atoms in total. The fourth-order valence-corrected chi connectivity index (χ4v) is 5.74. The Hall–Kier alpha value is -1.93. The standard InChI is InChI=1S/C16H19NO6S/c1-23-15(18)8-10-3-2-4-12(7-10)24(21,22)17-11-5-6-14(17)13(9-11)16(19)20/h2-4,7,11,13-14H,5-6,8-9H2,1H3,(H,19,20). The fourth-order valence-electron chi connectivity index (χ4n) is 3.76. The first-order valence-corrected chi connectivity index (χ1v) is 9.20. The molecule has 1 aromatic rings. The molecule has 3 rings (SSSR count). The number of carbonyl (C=O) groups excluding carboxylic acids is 1. The lowest BCUT2D eigenvalue weighted by molar-refractivity contribution is -0.142. The van der Waals surface area contributed by atoms with Crippen molar-refractivity contribution in [2.75, 3.05) is 7.11 Å². The van der Waals surface area contributed by atoms with Gasteiger partial charge < -0.3 is 9.84 Å². The van der Waals surface area contributed by atoms with E-state index in [-0.39, 0.29) is 17.4 Å². The summed E-state index contributed by atoms with van der Waals surface area (Å²) in [6.45, 7) is 0. The van der Waals surface area contributed by atoms with Crippen molar-refractivity contribution in [2.24, 2.45) is 5.92 Å². The Morgan fingerprint density at radius 1 is 1.33 bits per heavy atom. The lowest BCUT2D eigenvalue weighted by atomic mass is 9.89. The zero-order valence-corrected chi connectivity index (χ0v) is 14.0. The molecule has 2 aliphatic rings. The van der Waals surface area contributed by atoms with Gasteiger partial charge in [0, 0.05) is 12.1 Å². The average molecular weight is 353 g/mol. The van der Waals surface area contributed by atoms with E-state index in [2.05, 4.69) is 4.74 Å². The minimum atomic E-state index is -3.79. The molecular weight excluding hydrogens is 334 g/mol. The van der Waals surface area contributed by atoms with Crippen LogP contribution in [0, 0.1) is 5.92 Å². The number of ether oxygens (including phenoxy) is 1. The highest BCUT2D eigenvalue weighted by Gasteiger charge is 2.54. The Kier molecular flexibility index (Phi) is 4.35. The molecule has 0 amide bonds. The minimum absolute atomic E-state index is 0.00946. The number of nitrogens with zero attached hydrogens (tertiary/aromatic N) is 1. The molecule has 130 valence electrons. The van der Waals surface area contributed by atoms with Crippen molar-refractivity contribution in [1.82, 2.24) is 4.31 Å². The van der Waals surface area contributed by atoms with Crippen molar-refractivity contribution in [3.05, 3.63) is 29.8 Å². The summed E-state index contributed by atoms with van der Waals surface area (Å²) in [5, 5.41) is 9.29. The van der Waals surface area contributed by atoms with E-state index in [9.17, 15) is 23.1 Å². The van der Waals surface area contributed by atoms with Crippen LogP contribution in [-0.4, -0.2) is 49.0 Å². The van der Waals surface area contributed by atoms with Crippen LogP contribution in [0.15, 0.2) is 29.2 Å². The normalized spacial score (nSPS) is 26.5. The largest absolute Gasteiger partial charge is 0.481 e. The molecule has 0 spiro atoms. The highest BCUT2D eigenvalue weighted by Crippen LogP contribution is 2.45. The van der Waals surface area contributed by atoms with Gasteiger partial charge in [0.2, 0.25) is 10.0 Å². The third-order valence-corrected chi connectivity index (χ3v) is 6.81. The van der Waals surface area contributed by atoms with Gasteiger partial charge in [0.05, 0.1) is 24.3 Å². The van der Waals surface area contributed by atoms with Crippen LogP contribution < -0.4 is 0 Å². The van der Waals surface area contributed by atoms with Crippen LogP contribution in [0.4, 0.5) is 0 Å². The predicted molar refractivity (Wildman–Crippen MR) is 83.7 cm³/mol. The maximum Gasteiger partial charge on any atom is 0.309 e. The number of aliphatic carboxylic acids is 1. The number of carboxylic acid groups (broad SMARTS) is 1. The summed E-state index contributed by atoms with van der Waals surface area (Å²) in [7, 11) is -2.51. The second-order valence-corrected chi connectivity index (χ2v) is 8.06. The summed E-state index contributed by atoms with van der Waals surface area (Å²) in [4.78, 5) is 22.8. The van der Waals surface area contributed by atoms with Crippen molar-refractivity contribution >= 4 is 22.0 Å². The van der Waals surface area contributed by atoms with Gasteiger partial charge in [0.1, 0.15) is 0 Å². The number of sulfonamides is 1. The Bertz CT molecular complexity index is 775. The van der Waals surface area contributed by atoms with E-state index in [0.29, 0.717) is 24.8 Å². The number of carboxylic acids is 1. The van der Waals surface area contributed by atoms with Gasteiger partial charge in [0.25, 0.3) is 0 Å². The number of fused-ring (bicyclic) bond motifs is 2. The minimum Gasteiger partial charge on any atom is -0.481 e. The molecule has 3 unspecified atom stereocenters. The molecule has 0 saturated carbocycles. The van der Waals surface area contributed by atoms with Crippen LogP contribution in [0.2, 0.25) is 0 Å². The molecule has 3 atom stereocenters. The van der Waals surface area contributed by atoms with Gasteiger partial charge >= 0.3 is 11.9 Å². The molecule has 24 heavy (non-hydrogen) atoms. The number of benzene rings is 1. The Morgan fingerprint density at radius 3 is 2.71 bits per heavy atom. The van der Waals surface area contributed by atoms with Crippen LogP contribution in [-0.2, 0) is 30.8 Å². The first-order chi connectivity index (χ1) is 11.3. The van der Waals surface area contributed by atoms with Crippen molar-refractivity contribution in [1.29, 1.82) is 0 Å². The Labute approximate surface area is 140 Å². The van der Waals surface area contributed by atoms with Crippen molar-refractivity contribution < 1.29 is 27.9 Å². The van der Waals surface area contributed by atoms with Crippen LogP contribution in [0.5, 0.6) is 0 Å². The number of methoxy groups -OCH3 is 1. The quantitative estimate of drug-likeness (QED) is 0.794. The van der Waals surface area contributed by atoms with Gasteiger partial charge in [0.15, 0.2) is 0 Å². The lowest BCUT2D eigenvalue weighted by Crippen LogP contribution is -2.37. The monoisotopic (exact) mass is 353 g/mol. The molecule has 2 aliphatic heterocycles. The molecule has 0 aromatic heterocycles. The highest BCUT2D eigenvalue weighted by molar-refractivity contribution is 7.89. The number of esters is 1. The van der Waals surface area contributed by atoms with Crippen molar-refractivity contribution in [3.8, 4) is 0 Å². The molecule has 0 aliphatic carbocycles. The highest BCUT2D eigenvalue weighted by atomic mass is 32.2. The number of carbonyl (C=O) groups is 2. The fraction of sp³-hybridized carbons (Fsp3) is 0.500. The zero-order chi connectivity index (χ0) is 17.5. The predicted octanol–water partition coefficient (Wildman–Crippen LogP) is 1.03. The first-order valence-electron chi connectivity index (χ1n) is 7.76. The van der Waals surface area contributed by atoms with Gasteiger partial charge in [-0.1, -0.05) is 12.1 Å². The number of rotatable bonds is 5. The molecule has 1 aromatic carbocycles. The lowest BCUT2D eigenvalue weighted by Gasteiger charge is -2.22. The van der Waals surface area contributed by atoms with Crippen LogP contribution in [0.25, 0.3) is 0 Å². The third-order valence-electron chi connectivity index (χ3n) is 4.84. The van der Waals surface area contributed by atoms with Crippen LogP contribution in [0.3, 0.4) is 0 Å². The van der Waals surface area contributed by atoms with Crippen molar-refractivity contribution in [3.63, 3.8) is 0 Å². The number of hydrogen-bond donors (Lipinski definition) is 1. The summed E-state index contributed by atoms with van der Waals surface area (Å²) < 4.78 is 31.9. The van der Waals surface area contributed by atoms with Gasteiger partial charge in [-0.2, -0.15) is 4.31 Å². The summed E-state index contributed by atoms with van der Waals surface area (Å²) in [5.74, 6) is -2.03. The van der Waals surface area contributed by atoms with E-state index < -0.39 is 33.9 Å². The van der Waals surface area contributed by atoms with E-state index in [1.807, 2.05) is 0 Å². The summed E-state index contributed by atoms with van der Waals surface area (Å²) in [5.41, 5.74) is 0.546. The van der Waals surface area contributed by atoms with E-state index in [1.165, 1.54) is 23.5 Å². The molecule has 2 saturated heterocycles. The molecule has 8 heteroatoms. The number of hydrogen-bond acceptors (Lipinski definition) is 5. The van der Waals surface area contributed by atoms with E-state index >= 15 is 0 Å². The first kappa shape index (κ1) is 16.9. The van der Waals surface area contributed by atoms with Crippen LogP contribution in [0.1, 0.15) is 24.8 Å². The molecule has 1 N–H and O–H groups in total. The van der Waals surface area contributed by atoms with Gasteiger partial charge in [-0.3, -0.25) is 9.59 Å².